The number of hydrogen-bond donors (Lipinski definition) is 1. The number of esters is 1. The largest absolute Gasteiger partial charge is 0.469 e. The molecule has 0 radical (unpaired) electrons. The topological polar surface area (TPSA) is 53.9 Å². The van der Waals surface area contributed by atoms with Gasteiger partial charge in [-0.3, -0.25) is 9.79 Å². The molecule has 0 unspecified atom stereocenters. The van der Waals surface area contributed by atoms with Crippen LogP contribution < -0.4 is 5.32 Å². The summed E-state index contributed by atoms with van der Waals surface area (Å²) in [5, 5.41) is 4.08. The molecule has 2 rings (SSSR count). The zero-order valence-electron chi connectivity index (χ0n) is 13.0. The fourth-order valence-corrected chi connectivity index (χ4v) is 2.74. The van der Waals surface area contributed by atoms with Crippen molar-refractivity contribution in [3.05, 3.63) is 34.9 Å². The first-order chi connectivity index (χ1) is 10.6. The molecule has 1 aromatic rings. The lowest BCUT2D eigenvalue weighted by molar-refractivity contribution is -0.146. The van der Waals surface area contributed by atoms with Crippen molar-refractivity contribution in [1.29, 1.82) is 0 Å². The predicted octanol–water partition coefficient (Wildman–Crippen LogP) is 2.30. The van der Waals surface area contributed by atoms with Gasteiger partial charge < -0.3 is 15.0 Å². The number of ether oxygens (including phenoxy) is 1. The van der Waals surface area contributed by atoms with Gasteiger partial charge in [-0.2, -0.15) is 0 Å². The summed E-state index contributed by atoms with van der Waals surface area (Å²) >= 11 is 5.88. The molecule has 0 amide bonds. The Morgan fingerprint density at radius 2 is 2.00 bits per heavy atom. The highest BCUT2D eigenvalue weighted by molar-refractivity contribution is 6.30. The number of carbonyl (C=O) groups is 1. The normalized spacial score (nSPS) is 16.5. The quantitative estimate of drug-likeness (QED) is 0.527. The average molecular weight is 324 g/mol. The van der Waals surface area contributed by atoms with Gasteiger partial charge in [-0.25, -0.2) is 0 Å². The standard InChI is InChI=1S/C16H22ClN3O2/c1-18-16(19-11-12-3-5-14(17)6-4-12)20-9-7-13(8-10-20)15(21)22-2/h3-6,13H,7-11H2,1-2H3,(H,18,19). The summed E-state index contributed by atoms with van der Waals surface area (Å²) < 4.78 is 4.81. The number of methoxy groups -OCH3 is 1. The SMILES string of the molecule is CN=C(NCc1ccc(Cl)cc1)N1CCC(C(=O)OC)CC1. The molecule has 6 heteroatoms. The van der Waals surface area contributed by atoms with Crippen molar-refractivity contribution in [3.8, 4) is 0 Å². The molecule has 1 saturated heterocycles. The van der Waals surface area contributed by atoms with Crippen LogP contribution in [0, 0.1) is 5.92 Å². The van der Waals surface area contributed by atoms with Crippen molar-refractivity contribution in [2.45, 2.75) is 19.4 Å². The van der Waals surface area contributed by atoms with E-state index in [1.165, 1.54) is 7.11 Å². The minimum atomic E-state index is -0.108. The highest BCUT2D eigenvalue weighted by Crippen LogP contribution is 2.18. The zero-order chi connectivity index (χ0) is 15.9. The maximum Gasteiger partial charge on any atom is 0.308 e. The van der Waals surface area contributed by atoms with E-state index in [0.29, 0.717) is 6.54 Å². The van der Waals surface area contributed by atoms with Crippen molar-refractivity contribution in [2.24, 2.45) is 10.9 Å². The maximum atomic E-state index is 11.6. The molecule has 1 heterocycles. The van der Waals surface area contributed by atoms with Crippen molar-refractivity contribution >= 4 is 23.5 Å². The molecule has 0 spiro atoms. The number of hydrogen-bond acceptors (Lipinski definition) is 3. The van der Waals surface area contributed by atoms with Crippen LogP contribution in [0.3, 0.4) is 0 Å². The van der Waals surface area contributed by atoms with Crippen LogP contribution >= 0.6 is 11.6 Å². The highest BCUT2D eigenvalue weighted by atomic mass is 35.5. The first-order valence-electron chi connectivity index (χ1n) is 7.42. The maximum absolute atomic E-state index is 11.6. The lowest BCUT2D eigenvalue weighted by atomic mass is 9.97. The summed E-state index contributed by atoms with van der Waals surface area (Å²) in [5.41, 5.74) is 1.15. The van der Waals surface area contributed by atoms with E-state index in [0.717, 1.165) is 42.5 Å². The van der Waals surface area contributed by atoms with Crippen LogP contribution in [0.1, 0.15) is 18.4 Å². The third kappa shape index (κ3) is 4.37. The van der Waals surface area contributed by atoms with E-state index in [-0.39, 0.29) is 11.9 Å². The molecule has 1 aromatic carbocycles. The molecule has 1 aliphatic heterocycles. The van der Waals surface area contributed by atoms with Gasteiger partial charge in [0, 0.05) is 31.7 Å². The summed E-state index contributed by atoms with van der Waals surface area (Å²) in [4.78, 5) is 18.1. The molecule has 0 saturated carbocycles. The molecule has 0 aliphatic carbocycles. The molecule has 1 aliphatic rings. The van der Waals surface area contributed by atoms with Crippen molar-refractivity contribution in [1.82, 2.24) is 10.2 Å². The first kappa shape index (κ1) is 16.6. The summed E-state index contributed by atoms with van der Waals surface area (Å²) in [6.07, 6.45) is 1.60. The lowest BCUT2D eigenvalue weighted by Crippen LogP contribution is -2.46. The van der Waals surface area contributed by atoms with E-state index in [2.05, 4.69) is 15.2 Å². The second-order valence-electron chi connectivity index (χ2n) is 5.31. The Kier molecular flexibility index (Phi) is 6.07. The number of carbonyl (C=O) groups excluding carboxylic acids is 1. The average Bonchev–Trinajstić information content (AvgIpc) is 2.57. The summed E-state index contributed by atoms with van der Waals surface area (Å²) in [5.74, 6) is 0.762. The Bertz CT molecular complexity index is 523. The molecule has 0 bridgehead atoms. The Balaban J connectivity index is 1.85. The zero-order valence-corrected chi connectivity index (χ0v) is 13.8. The number of benzene rings is 1. The Labute approximate surface area is 136 Å². The monoisotopic (exact) mass is 323 g/mol. The fraction of sp³-hybridized carbons (Fsp3) is 0.500. The van der Waals surface area contributed by atoms with Crippen molar-refractivity contribution in [3.63, 3.8) is 0 Å². The van der Waals surface area contributed by atoms with E-state index in [1.54, 1.807) is 7.05 Å². The Hall–Kier alpha value is -1.75. The molecular formula is C16H22ClN3O2. The van der Waals surface area contributed by atoms with Gasteiger partial charge in [-0.15, -0.1) is 0 Å². The van der Waals surface area contributed by atoms with E-state index in [1.807, 2.05) is 24.3 Å². The molecule has 1 N–H and O–H groups in total. The minimum absolute atomic E-state index is 0.00983. The molecular weight excluding hydrogens is 302 g/mol. The van der Waals surface area contributed by atoms with Crippen LogP contribution in [0.2, 0.25) is 5.02 Å². The number of rotatable bonds is 3. The molecule has 120 valence electrons. The Morgan fingerprint density at radius 1 is 1.36 bits per heavy atom. The molecule has 0 aromatic heterocycles. The number of likely N-dealkylation sites (tertiary alicyclic amines) is 1. The number of nitrogens with zero attached hydrogens (tertiary/aromatic N) is 2. The van der Waals surface area contributed by atoms with Crippen LogP contribution in [-0.2, 0) is 16.1 Å². The van der Waals surface area contributed by atoms with E-state index in [4.69, 9.17) is 16.3 Å². The first-order valence-corrected chi connectivity index (χ1v) is 7.79. The fourth-order valence-electron chi connectivity index (χ4n) is 2.61. The van der Waals surface area contributed by atoms with Gasteiger partial charge in [0.15, 0.2) is 5.96 Å². The van der Waals surface area contributed by atoms with Gasteiger partial charge in [0.05, 0.1) is 13.0 Å². The van der Waals surface area contributed by atoms with E-state index >= 15 is 0 Å². The summed E-state index contributed by atoms with van der Waals surface area (Å²) in [7, 11) is 3.22. The van der Waals surface area contributed by atoms with Gasteiger partial charge >= 0.3 is 5.97 Å². The second-order valence-corrected chi connectivity index (χ2v) is 5.75. The van der Waals surface area contributed by atoms with Crippen LogP contribution in [0.5, 0.6) is 0 Å². The molecule has 0 atom stereocenters. The van der Waals surface area contributed by atoms with Gasteiger partial charge in [-0.1, -0.05) is 23.7 Å². The lowest BCUT2D eigenvalue weighted by Gasteiger charge is -2.33. The second kappa shape index (κ2) is 8.03. The number of nitrogens with one attached hydrogen (secondary N) is 1. The number of aliphatic imine (C=N–C) groups is 1. The molecule has 1 fully saturated rings. The van der Waals surface area contributed by atoms with Crippen LogP contribution in [0.15, 0.2) is 29.3 Å². The van der Waals surface area contributed by atoms with Crippen LogP contribution in [0.4, 0.5) is 0 Å². The van der Waals surface area contributed by atoms with Crippen LogP contribution in [-0.4, -0.2) is 44.1 Å². The number of piperidine rings is 1. The van der Waals surface area contributed by atoms with E-state index in [9.17, 15) is 4.79 Å². The van der Waals surface area contributed by atoms with Gasteiger partial charge in [0.2, 0.25) is 0 Å². The van der Waals surface area contributed by atoms with Crippen molar-refractivity contribution < 1.29 is 9.53 Å². The van der Waals surface area contributed by atoms with Crippen LogP contribution in [0.25, 0.3) is 0 Å². The number of halogens is 1. The Morgan fingerprint density at radius 3 is 2.55 bits per heavy atom. The van der Waals surface area contributed by atoms with Gasteiger partial charge in [0.1, 0.15) is 0 Å². The third-order valence-corrected chi connectivity index (χ3v) is 4.16. The molecule has 22 heavy (non-hydrogen) atoms. The third-order valence-electron chi connectivity index (χ3n) is 3.90. The minimum Gasteiger partial charge on any atom is -0.469 e. The van der Waals surface area contributed by atoms with Gasteiger partial charge in [0.25, 0.3) is 0 Å². The summed E-state index contributed by atoms with van der Waals surface area (Å²) in [6.45, 7) is 2.31. The molecule has 5 nitrogen and oxygen atoms in total. The summed E-state index contributed by atoms with van der Waals surface area (Å²) in [6, 6.07) is 7.74. The van der Waals surface area contributed by atoms with E-state index < -0.39 is 0 Å². The highest BCUT2D eigenvalue weighted by Gasteiger charge is 2.26. The predicted molar refractivity (Wildman–Crippen MR) is 88.0 cm³/mol. The smallest absolute Gasteiger partial charge is 0.308 e. The number of guanidine groups is 1. The van der Waals surface area contributed by atoms with Gasteiger partial charge in [-0.05, 0) is 30.5 Å². The van der Waals surface area contributed by atoms with Crippen molar-refractivity contribution in [2.75, 3.05) is 27.2 Å².